The molecular formula is C23H25N5O2. The number of carbonyl (C=O) groups is 2. The molecule has 154 valence electrons. The molecule has 0 fully saturated rings. The molecule has 0 saturated carbocycles. The van der Waals surface area contributed by atoms with E-state index in [9.17, 15) is 9.59 Å². The summed E-state index contributed by atoms with van der Waals surface area (Å²) in [6.45, 7) is 1.56. The highest BCUT2D eigenvalue weighted by Gasteiger charge is 2.24. The summed E-state index contributed by atoms with van der Waals surface area (Å²) in [7, 11) is 3.99. The van der Waals surface area contributed by atoms with Gasteiger partial charge in [0, 0.05) is 44.4 Å². The normalized spacial score (nSPS) is 13.1. The average molecular weight is 403 g/mol. The first kappa shape index (κ1) is 19.7. The molecule has 1 aliphatic heterocycles. The molecule has 2 heterocycles. The highest BCUT2D eigenvalue weighted by atomic mass is 16.2. The van der Waals surface area contributed by atoms with Gasteiger partial charge in [0.25, 0.3) is 5.91 Å². The van der Waals surface area contributed by atoms with Crippen molar-refractivity contribution in [3.63, 3.8) is 0 Å². The minimum atomic E-state index is -0.120. The number of aromatic nitrogens is 2. The van der Waals surface area contributed by atoms with E-state index in [1.54, 1.807) is 23.2 Å². The van der Waals surface area contributed by atoms with Gasteiger partial charge in [-0.25, -0.2) is 4.68 Å². The molecular weight excluding hydrogens is 378 g/mol. The monoisotopic (exact) mass is 403 g/mol. The fraction of sp³-hybridized carbons (Fsp3) is 0.261. The third-order valence-corrected chi connectivity index (χ3v) is 5.27. The first-order valence-corrected chi connectivity index (χ1v) is 9.97. The van der Waals surface area contributed by atoms with E-state index in [0.717, 1.165) is 22.6 Å². The van der Waals surface area contributed by atoms with Gasteiger partial charge in [-0.2, -0.15) is 5.10 Å². The Hall–Kier alpha value is -3.61. The maximum absolute atomic E-state index is 12.5. The summed E-state index contributed by atoms with van der Waals surface area (Å²) in [5.74, 6) is 0.781. The van der Waals surface area contributed by atoms with Crippen LogP contribution >= 0.6 is 0 Å². The van der Waals surface area contributed by atoms with E-state index in [0.29, 0.717) is 31.6 Å². The average Bonchev–Trinajstić information content (AvgIpc) is 3.24. The molecule has 4 rings (SSSR count). The molecule has 0 aliphatic carbocycles. The van der Waals surface area contributed by atoms with Gasteiger partial charge in [-0.3, -0.25) is 14.5 Å². The minimum absolute atomic E-state index is 0.0881. The molecule has 0 saturated heterocycles. The van der Waals surface area contributed by atoms with Crippen molar-refractivity contribution in [1.29, 1.82) is 0 Å². The van der Waals surface area contributed by atoms with Crippen LogP contribution in [0.4, 0.5) is 11.5 Å². The maximum atomic E-state index is 12.5. The van der Waals surface area contributed by atoms with Crippen molar-refractivity contribution in [2.75, 3.05) is 23.9 Å². The molecule has 30 heavy (non-hydrogen) atoms. The van der Waals surface area contributed by atoms with Gasteiger partial charge in [0.1, 0.15) is 5.82 Å². The fourth-order valence-electron chi connectivity index (χ4n) is 3.50. The summed E-state index contributed by atoms with van der Waals surface area (Å²) >= 11 is 0. The van der Waals surface area contributed by atoms with E-state index in [1.165, 1.54) is 0 Å². The molecule has 2 amide bonds. The van der Waals surface area contributed by atoms with Crippen molar-refractivity contribution >= 4 is 23.3 Å². The van der Waals surface area contributed by atoms with Crippen LogP contribution in [0.1, 0.15) is 27.9 Å². The Bertz CT molecular complexity index is 1040. The summed E-state index contributed by atoms with van der Waals surface area (Å²) in [4.78, 5) is 28.6. The highest BCUT2D eigenvalue weighted by Crippen LogP contribution is 2.23. The third kappa shape index (κ3) is 4.20. The molecule has 0 bridgehead atoms. The van der Waals surface area contributed by atoms with E-state index < -0.39 is 0 Å². The Morgan fingerprint density at radius 1 is 1.03 bits per heavy atom. The predicted molar refractivity (Wildman–Crippen MR) is 116 cm³/mol. The molecule has 7 nitrogen and oxygen atoms in total. The molecule has 0 spiro atoms. The lowest BCUT2D eigenvalue weighted by molar-refractivity contribution is -0.119. The zero-order chi connectivity index (χ0) is 21.1. The number of anilines is 2. The first-order chi connectivity index (χ1) is 14.5. The van der Waals surface area contributed by atoms with Crippen molar-refractivity contribution in [3.05, 3.63) is 77.5 Å². The van der Waals surface area contributed by atoms with Gasteiger partial charge in [-0.15, -0.1) is 0 Å². The van der Waals surface area contributed by atoms with Crippen LogP contribution in [0.3, 0.4) is 0 Å². The van der Waals surface area contributed by atoms with Crippen molar-refractivity contribution < 1.29 is 9.59 Å². The van der Waals surface area contributed by atoms with E-state index in [-0.39, 0.29) is 11.8 Å². The van der Waals surface area contributed by atoms with Crippen LogP contribution < -0.4 is 15.1 Å². The van der Waals surface area contributed by atoms with E-state index >= 15 is 0 Å². The van der Waals surface area contributed by atoms with Crippen LogP contribution in [0.2, 0.25) is 0 Å². The van der Waals surface area contributed by atoms with Crippen LogP contribution in [0.25, 0.3) is 0 Å². The second-order valence-electron chi connectivity index (χ2n) is 7.58. The van der Waals surface area contributed by atoms with Crippen LogP contribution in [0.5, 0.6) is 0 Å². The van der Waals surface area contributed by atoms with Gasteiger partial charge in [0.15, 0.2) is 0 Å². The van der Waals surface area contributed by atoms with Crippen molar-refractivity contribution in [2.45, 2.75) is 26.1 Å². The minimum Gasteiger partial charge on any atom is -0.378 e. The van der Waals surface area contributed by atoms with Crippen LogP contribution in [-0.4, -0.2) is 35.7 Å². The van der Waals surface area contributed by atoms with Crippen LogP contribution in [0, 0.1) is 0 Å². The summed E-state index contributed by atoms with van der Waals surface area (Å²) in [6.07, 6.45) is 2.16. The van der Waals surface area contributed by atoms with Crippen LogP contribution in [-0.2, 0) is 24.4 Å². The summed E-state index contributed by atoms with van der Waals surface area (Å²) in [5, 5.41) is 7.20. The molecule has 1 aromatic heterocycles. The number of fused-ring (bicyclic) bond motifs is 1. The SMILES string of the molecule is CN(C)c1ccc(CNC(=O)c2ccc(CN3C(=O)CCn4nccc43)cc2)cc1. The Balaban J connectivity index is 1.36. The first-order valence-electron chi connectivity index (χ1n) is 9.97. The summed E-state index contributed by atoms with van der Waals surface area (Å²) in [5.41, 5.74) is 3.73. The number of nitrogens with zero attached hydrogens (tertiary/aromatic N) is 4. The summed E-state index contributed by atoms with van der Waals surface area (Å²) in [6, 6.07) is 17.3. The molecule has 1 N–H and O–H groups in total. The largest absolute Gasteiger partial charge is 0.378 e. The van der Waals surface area contributed by atoms with E-state index in [2.05, 4.69) is 10.4 Å². The number of aryl methyl sites for hydroxylation is 1. The smallest absolute Gasteiger partial charge is 0.251 e. The van der Waals surface area contributed by atoms with Gasteiger partial charge in [-0.05, 0) is 35.4 Å². The van der Waals surface area contributed by atoms with Gasteiger partial charge in [0.05, 0.1) is 19.3 Å². The lowest BCUT2D eigenvalue weighted by Crippen LogP contribution is -2.36. The number of amides is 2. The van der Waals surface area contributed by atoms with Crippen molar-refractivity contribution in [1.82, 2.24) is 15.1 Å². The lowest BCUT2D eigenvalue weighted by Gasteiger charge is -2.27. The second-order valence-corrected chi connectivity index (χ2v) is 7.58. The molecule has 0 unspecified atom stereocenters. The molecule has 1 aliphatic rings. The highest BCUT2D eigenvalue weighted by molar-refractivity contribution is 5.95. The maximum Gasteiger partial charge on any atom is 0.251 e. The fourth-order valence-corrected chi connectivity index (χ4v) is 3.50. The van der Waals surface area contributed by atoms with Gasteiger partial charge >= 0.3 is 0 Å². The Morgan fingerprint density at radius 3 is 2.43 bits per heavy atom. The lowest BCUT2D eigenvalue weighted by atomic mass is 10.1. The second kappa shape index (κ2) is 8.41. The number of carbonyl (C=O) groups excluding carboxylic acids is 2. The predicted octanol–water partition coefficient (Wildman–Crippen LogP) is 2.82. The summed E-state index contributed by atoms with van der Waals surface area (Å²) < 4.78 is 1.84. The number of nitrogens with one attached hydrogen (secondary N) is 1. The molecule has 0 radical (unpaired) electrons. The standard InChI is InChI=1S/C23H25N5O2/c1-26(2)20-9-5-17(6-10-20)15-24-23(30)19-7-3-18(4-8-19)16-27-21-11-13-25-28(21)14-12-22(27)29/h3-11,13H,12,14-16H2,1-2H3,(H,24,30). The third-order valence-electron chi connectivity index (χ3n) is 5.27. The van der Waals surface area contributed by atoms with E-state index in [1.807, 2.05) is 66.1 Å². The Kier molecular flexibility index (Phi) is 5.52. The molecule has 7 heteroatoms. The topological polar surface area (TPSA) is 70.5 Å². The number of rotatable bonds is 6. The van der Waals surface area contributed by atoms with Crippen LogP contribution in [0.15, 0.2) is 60.8 Å². The number of benzene rings is 2. The van der Waals surface area contributed by atoms with E-state index in [4.69, 9.17) is 0 Å². The molecule has 0 atom stereocenters. The van der Waals surface area contributed by atoms with Crippen molar-refractivity contribution in [3.8, 4) is 0 Å². The Labute approximate surface area is 175 Å². The zero-order valence-corrected chi connectivity index (χ0v) is 17.2. The Morgan fingerprint density at radius 2 is 1.73 bits per heavy atom. The van der Waals surface area contributed by atoms with Gasteiger partial charge in [-0.1, -0.05) is 24.3 Å². The van der Waals surface area contributed by atoms with Gasteiger partial charge < -0.3 is 10.2 Å². The zero-order valence-electron chi connectivity index (χ0n) is 17.2. The number of hydrogen-bond acceptors (Lipinski definition) is 4. The number of hydrogen-bond donors (Lipinski definition) is 1. The molecule has 3 aromatic rings. The van der Waals surface area contributed by atoms with Crippen molar-refractivity contribution in [2.24, 2.45) is 0 Å². The quantitative estimate of drug-likeness (QED) is 0.687. The van der Waals surface area contributed by atoms with Gasteiger partial charge in [0.2, 0.25) is 5.91 Å². The molecule has 2 aromatic carbocycles.